The molecule has 4 unspecified atom stereocenters. The predicted molar refractivity (Wildman–Crippen MR) is 316 cm³/mol. The lowest BCUT2D eigenvalue weighted by atomic mass is 10.00. The maximum Gasteiger partial charge on any atom is 0.249 e. The first kappa shape index (κ1) is 70.8. The summed E-state index contributed by atoms with van der Waals surface area (Å²) in [6.45, 7) is 4.09. The molecule has 4 atom stereocenters. The molecule has 0 aliphatic heterocycles. The predicted octanol–water partition coefficient (Wildman–Crippen LogP) is 19.8. The molecule has 428 valence electrons. The van der Waals surface area contributed by atoms with Crippen LogP contribution in [0.1, 0.15) is 361 Å². The average molecular weight is 1020 g/mol. The number of carbonyl (C=O) groups is 1. The first-order chi connectivity index (χ1) is 35.5. The van der Waals surface area contributed by atoms with E-state index >= 15 is 0 Å². The van der Waals surface area contributed by atoms with Crippen molar-refractivity contribution in [2.45, 2.75) is 385 Å². The number of unbranched alkanes of at least 4 members (excludes halogenated alkanes) is 48. The zero-order chi connectivity index (χ0) is 52.3. The van der Waals surface area contributed by atoms with Gasteiger partial charge in [-0.1, -0.05) is 334 Å². The van der Waals surface area contributed by atoms with Crippen molar-refractivity contribution in [2.75, 3.05) is 6.61 Å². The van der Waals surface area contributed by atoms with Gasteiger partial charge in [0.25, 0.3) is 0 Å². The van der Waals surface area contributed by atoms with Crippen LogP contribution < -0.4 is 5.32 Å². The number of rotatable bonds is 61. The van der Waals surface area contributed by atoms with Gasteiger partial charge in [-0.25, -0.2) is 0 Å². The second-order valence-electron chi connectivity index (χ2n) is 22.8. The second kappa shape index (κ2) is 60.7. The van der Waals surface area contributed by atoms with Crippen molar-refractivity contribution in [3.8, 4) is 0 Å². The fourth-order valence-corrected chi connectivity index (χ4v) is 10.5. The molecule has 0 aromatic rings. The summed E-state index contributed by atoms with van der Waals surface area (Å²) in [7, 11) is 0. The van der Waals surface area contributed by atoms with E-state index in [1.807, 2.05) is 0 Å². The van der Waals surface area contributed by atoms with E-state index in [0.29, 0.717) is 19.3 Å². The first-order valence-corrected chi connectivity index (χ1v) is 32.7. The Kier molecular flexibility index (Phi) is 59.6. The number of aliphatic hydroxyl groups is 4. The van der Waals surface area contributed by atoms with E-state index in [1.54, 1.807) is 0 Å². The van der Waals surface area contributed by atoms with Crippen molar-refractivity contribution < 1.29 is 25.2 Å². The smallest absolute Gasteiger partial charge is 0.249 e. The maximum atomic E-state index is 12.6. The molecule has 0 bridgehead atoms. The summed E-state index contributed by atoms with van der Waals surface area (Å²) in [6, 6.07) is -1.01. The summed E-state index contributed by atoms with van der Waals surface area (Å²) >= 11 is 0. The minimum Gasteiger partial charge on any atom is -0.394 e. The van der Waals surface area contributed by atoms with Gasteiger partial charge in [-0.05, 0) is 51.4 Å². The Morgan fingerprint density at radius 2 is 0.583 bits per heavy atom. The molecule has 72 heavy (non-hydrogen) atoms. The minimum absolute atomic E-state index is 0.365. The Labute approximate surface area is 450 Å². The van der Waals surface area contributed by atoms with Crippen LogP contribution in [0.5, 0.6) is 0 Å². The molecule has 0 saturated heterocycles. The number of hydrogen-bond donors (Lipinski definition) is 5. The highest BCUT2D eigenvalue weighted by atomic mass is 16.3. The Hall–Kier alpha value is -1.21. The number of aliphatic hydroxyl groups excluding tert-OH is 4. The lowest BCUT2D eigenvalue weighted by molar-refractivity contribution is -0.132. The van der Waals surface area contributed by atoms with E-state index in [4.69, 9.17) is 0 Å². The van der Waals surface area contributed by atoms with Crippen LogP contribution in [-0.4, -0.2) is 57.3 Å². The molecule has 0 radical (unpaired) electrons. The largest absolute Gasteiger partial charge is 0.394 e. The first-order valence-electron chi connectivity index (χ1n) is 32.7. The van der Waals surface area contributed by atoms with Crippen LogP contribution in [0.25, 0.3) is 0 Å². The van der Waals surface area contributed by atoms with E-state index in [-0.39, 0.29) is 0 Å². The topological polar surface area (TPSA) is 110 Å². The van der Waals surface area contributed by atoms with Crippen molar-refractivity contribution in [2.24, 2.45) is 0 Å². The van der Waals surface area contributed by atoms with Crippen LogP contribution in [-0.2, 0) is 4.79 Å². The van der Waals surface area contributed by atoms with Gasteiger partial charge in [0.2, 0.25) is 5.91 Å². The fourth-order valence-electron chi connectivity index (χ4n) is 10.5. The highest BCUT2D eigenvalue weighted by molar-refractivity contribution is 5.80. The molecule has 0 spiro atoms. The molecular weight excluding hydrogens is 887 g/mol. The normalized spacial score (nSPS) is 13.7. The second-order valence-corrected chi connectivity index (χ2v) is 22.8. The van der Waals surface area contributed by atoms with E-state index < -0.39 is 36.9 Å². The number of nitrogens with one attached hydrogen (secondary N) is 1. The molecule has 0 fully saturated rings. The molecule has 0 aliphatic carbocycles. The van der Waals surface area contributed by atoms with Crippen LogP contribution in [0.15, 0.2) is 24.3 Å². The van der Waals surface area contributed by atoms with Crippen LogP contribution in [0.4, 0.5) is 0 Å². The van der Waals surface area contributed by atoms with Crippen LogP contribution >= 0.6 is 0 Å². The summed E-state index contributed by atoms with van der Waals surface area (Å²) in [6.07, 6.45) is 75.8. The van der Waals surface area contributed by atoms with E-state index in [2.05, 4.69) is 43.5 Å². The summed E-state index contributed by atoms with van der Waals surface area (Å²) in [5, 5.41) is 44.1. The van der Waals surface area contributed by atoms with Crippen LogP contribution in [0.3, 0.4) is 0 Å². The van der Waals surface area contributed by atoms with Gasteiger partial charge >= 0.3 is 0 Å². The third-order valence-electron chi connectivity index (χ3n) is 15.6. The van der Waals surface area contributed by atoms with Crippen LogP contribution in [0, 0.1) is 0 Å². The summed E-state index contributed by atoms with van der Waals surface area (Å²) in [4.78, 5) is 12.6. The van der Waals surface area contributed by atoms with Gasteiger partial charge in [0.1, 0.15) is 12.2 Å². The van der Waals surface area contributed by atoms with E-state index in [1.165, 1.54) is 289 Å². The average Bonchev–Trinajstić information content (AvgIpc) is 3.39. The zero-order valence-corrected chi connectivity index (χ0v) is 48.7. The van der Waals surface area contributed by atoms with Crippen molar-refractivity contribution in [3.05, 3.63) is 24.3 Å². The zero-order valence-electron chi connectivity index (χ0n) is 48.7. The number of hydrogen-bond acceptors (Lipinski definition) is 5. The van der Waals surface area contributed by atoms with E-state index in [9.17, 15) is 25.2 Å². The summed E-state index contributed by atoms with van der Waals surface area (Å²) < 4.78 is 0. The number of carbonyl (C=O) groups excluding carboxylic acids is 1. The maximum absolute atomic E-state index is 12.6. The molecule has 6 nitrogen and oxygen atoms in total. The Morgan fingerprint density at radius 1 is 0.333 bits per heavy atom. The minimum atomic E-state index is -1.29. The van der Waals surface area contributed by atoms with Gasteiger partial charge in [0.05, 0.1) is 18.8 Å². The fraction of sp³-hybridized carbons (Fsp3) is 0.924. The lowest BCUT2D eigenvalue weighted by Gasteiger charge is -2.27. The monoisotopic (exact) mass is 1020 g/mol. The number of allylic oxidation sites excluding steroid dienone is 4. The van der Waals surface area contributed by atoms with Gasteiger partial charge < -0.3 is 25.7 Å². The molecule has 5 N–H and O–H groups in total. The summed E-state index contributed by atoms with van der Waals surface area (Å²) in [5.41, 5.74) is 0. The van der Waals surface area contributed by atoms with Crippen molar-refractivity contribution >= 4 is 5.91 Å². The van der Waals surface area contributed by atoms with Crippen LogP contribution in [0.2, 0.25) is 0 Å². The van der Waals surface area contributed by atoms with Crippen molar-refractivity contribution in [3.63, 3.8) is 0 Å². The van der Waals surface area contributed by atoms with E-state index in [0.717, 1.165) is 38.5 Å². The third-order valence-corrected chi connectivity index (χ3v) is 15.6. The van der Waals surface area contributed by atoms with Gasteiger partial charge in [0.15, 0.2) is 0 Å². The number of amides is 1. The quantitative estimate of drug-likeness (QED) is 0.0308. The highest BCUT2D eigenvalue weighted by Crippen LogP contribution is 2.19. The van der Waals surface area contributed by atoms with Gasteiger partial charge in [-0.3, -0.25) is 4.79 Å². The molecule has 0 rings (SSSR count). The Bertz CT molecular complexity index is 1100. The Balaban J connectivity index is 3.60. The third kappa shape index (κ3) is 53.6. The van der Waals surface area contributed by atoms with Crippen molar-refractivity contribution in [1.82, 2.24) is 5.32 Å². The molecule has 0 heterocycles. The molecule has 6 heteroatoms. The highest BCUT2D eigenvalue weighted by Gasteiger charge is 2.28. The molecular formula is C66H129NO5. The van der Waals surface area contributed by atoms with Gasteiger partial charge in [0, 0.05) is 0 Å². The van der Waals surface area contributed by atoms with Gasteiger partial charge in [-0.2, -0.15) is 0 Å². The SMILES string of the molecule is CCCCCCCCCCCCCCCCCCCCCC/C=C/CC/C=C/CCCC(O)C(O)C(CO)NC(=O)C(O)CCCCCCCCCCCCCCCCCCCCCCCCCCCCC. The summed E-state index contributed by atoms with van der Waals surface area (Å²) in [5.74, 6) is -0.590. The molecule has 0 aliphatic rings. The molecule has 0 aromatic carbocycles. The molecule has 0 saturated carbocycles. The van der Waals surface area contributed by atoms with Crippen molar-refractivity contribution in [1.29, 1.82) is 0 Å². The molecule has 0 aromatic heterocycles. The van der Waals surface area contributed by atoms with Gasteiger partial charge in [-0.15, -0.1) is 0 Å². The Morgan fingerprint density at radius 3 is 0.875 bits per heavy atom. The lowest BCUT2D eigenvalue weighted by Crippen LogP contribution is -2.53. The molecule has 1 amide bonds. The standard InChI is InChI=1S/C66H129NO5/c1-3-5-7-9-11-13-15-17-19-21-23-25-27-29-31-32-34-35-37-39-41-43-45-47-49-51-53-55-57-59-63(69)65(71)62(61-68)67-66(72)64(70)60-58-56-54-52-50-48-46-44-42-40-38-36-33-30-28-26-24-22-20-18-16-14-12-10-8-6-4-2/h43,45,51,53,62-65,68-71H,3-42,44,46-50,52,54-61H2,1-2H3,(H,67,72)/b45-43+,53-51+.